The predicted molar refractivity (Wildman–Crippen MR) is 125 cm³/mol. The van der Waals surface area contributed by atoms with Crippen LogP contribution in [0.4, 0.5) is 0 Å². The van der Waals surface area contributed by atoms with Crippen molar-refractivity contribution in [3.05, 3.63) is 69.4 Å². The van der Waals surface area contributed by atoms with E-state index in [1.165, 1.54) is 11.3 Å². The molecule has 0 radical (unpaired) electrons. The maximum atomic E-state index is 12.8. The van der Waals surface area contributed by atoms with Gasteiger partial charge in [0.15, 0.2) is 0 Å². The van der Waals surface area contributed by atoms with E-state index in [1.54, 1.807) is 36.4 Å². The average molecular weight is 472 g/mol. The highest BCUT2D eigenvalue weighted by molar-refractivity contribution is 7.14. The summed E-state index contributed by atoms with van der Waals surface area (Å²) in [4.78, 5) is 37.3. The van der Waals surface area contributed by atoms with Crippen LogP contribution in [-0.2, 0) is 27.3 Å². The number of carbonyl (C=O) groups excluding carboxylic acids is 2. The molecular formula is C21H25N7O4S. The molecule has 0 saturated heterocycles. The van der Waals surface area contributed by atoms with Crippen molar-refractivity contribution in [3.8, 4) is 0 Å². The number of carboxylic acid groups (broad SMARTS) is 1. The van der Waals surface area contributed by atoms with Crippen molar-refractivity contribution in [2.24, 2.45) is 17.2 Å². The third-order valence-corrected chi connectivity index (χ3v) is 5.60. The Morgan fingerprint density at radius 1 is 1.09 bits per heavy atom. The number of carboxylic acids is 1. The number of nitrogens with one attached hydrogen (secondary N) is 4. The second-order valence-corrected chi connectivity index (χ2v) is 8.31. The Morgan fingerprint density at radius 3 is 2.42 bits per heavy atom. The summed E-state index contributed by atoms with van der Waals surface area (Å²) in [5.74, 6) is -2.74. The average Bonchev–Trinajstić information content (AvgIpc) is 3.24. The van der Waals surface area contributed by atoms with Crippen molar-refractivity contribution in [1.82, 2.24) is 10.6 Å². The van der Waals surface area contributed by atoms with E-state index in [4.69, 9.17) is 33.1 Å². The number of hydrogen-bond donors (Lipinski definition) is 8. The van der Waals surface area contributed by atoms with Crippen LogP contribution in [0.25, 0.3) is 0 Å². The van der Waals surface area contributed by atoms with Crippen molar-refractivity contribution in [1.29, 1.82) is 10.8 Å². The molecule has 0 bridgehead atoms. The van der Waals surface area contributed by atoms with Crippen molar-refractivity contribution in [2.45, 2.75) is 18.5 Å². The summed E-state index contributed by atoms with van der Waals surface area (Å²) in [6.45, 7) is -0.186. The van der Waals surface area contributed by atoms with Crippen LogP contribution < -0.4 is 27.8 Å². The molecule has 0 unspecified atom stereocenters. The summed E-state index contributed by atoms with van der Waals surface area (Å²) in [5.41, 5.74) is 16.3. The summed E-state index contributed by atoms with van der Waals surface area (Å²) in [7, 11) is 0. The Bertz CT molecular complexity index is 1110. The van der Waals surface area contributed by atoms with Crippen LogP contribution >= 0.6 is 11.3 Å². The molecule has 11 nitrogen and oxygen atoms in total. The van der Waals surface area contributed by atoms with Gasteiger partial charge in [0.25, 0.3) is 0 Å². The minimum Gasteiger partial charge on any atom is -0.478 e. The van der Waals surface area contributed by atoms with Crippen molar-refractivity contribution < 1.29 is 19.5 Å². The smallest absolute Gasteiger partial charge is 0.328 e. The first kappa shape index (κ1) is 25.2. The molecule has 1 aromatic carbocycles. The van der Waals surface area contributed by atoms with Crippen LogP contribution in [0.1, 0.15) is 20.9 Å². The molecule has 33 heavy (non-hydrogen) atoms. The first-order chi connectivity index (χ1) is 15.5. The van der Waals surface area contributed by atoms with Crippen LogP contribution in [0.15, 0.2) is 48.6 Å². The molecule has 1 atom stereocenters. The molecule has 0 fully saturated rings. The Labute approximate surface area is 193 Å². The molecule has 2 aromatic rings. The minimum atomic E-state index is -1.77. The Kier molecular flexibility index (Phi) is 8.42. The minimum absolute atomic E-state index is 0.0626. The molecule has 2 rings (SSSR count). The van der Waals surface area contributed by atoms with E-state index in [-0.39, 0.29) is 31.2 Å². The van der Waals surface area contributed by atoms with Gasteiger partial charge in [-0.15, -0.1) is 11.3 Å². The van der Waals surface area contributed by atoms with Crippen LogP contribution in [0.5, 0.6) is 0 Å². The molecule has 0 aliphatic rings. The van der Waals surface area contributed by atoms with Crippen LogP contribution in [0, 0.1) is 10.8 Å². The zero-order chi connectivity index (χ0) is 24.6. The molecule has 0 saturated carbocycles. The Morgan fingerprint density at radius 2 is 1.82 bits per heavy atom. The number of amidine groups is 2. The van der Waals surface area contributed by atoms with E-state index < -0.39 is 23.3 Å². The summed E-state index contributed by atoms with van der Waals surface area (Å²) in [6.07, 6.45) is 1.73. The van der Waals surface area contributed by atoms with Crippen LogP contribution in [-0.4, -0.2) is 46.6 Å². The van der Waals surface area contributed by atoms with E-state index in [2.05, 4.69) is 10.6 Å². The second-order valence-electron chi connectivity index (χ2n) is 7.14. The lowest BCUT2D eigenvalue weighted by molar-refractivity contribution is -0.131. The standard InChI is InChI=1S/C21H25N7O4S/c22-18(23)13-3-1-2-12(8-13)9-21(26,7-6-17(30)31)20(32)28-11-16(29)27-10-14-4-5-15(33-14)19(24)25/h1-8H,9-11,26H2,(H3,22,23)(H3,24,25)(H,27,29)(H,28,32)(H,30,31)/t21-/m0/s1. The van der Waals surface area contributed by atoms with Gasteiger partial charge in [-0.2, -0.15) is 0 Å². The van der Waals surface area contributed by atoms with Gasteiger partial charge < -0.3 is 32.9 Å². The first-order valence-corrected chi connectivity index (χ1v) is 10.4. The quantitative estimate of drug-likeness (QED) is 0.123. The van der Waals surface area contributed by atoms with Gasteiger partial charge in [-0.05, 0) is 29.8 Å². The maximum absolute atomic E-state index is 12.8. The molecule has 0 aliphatic heterocycles. The highest BCUT2D eigenvalue weighted by Crippen LogP contribution is 2.16. The number of nitrogen functional groups attached to an aromatic ring is 2. The maximum Gasteiger partial charge on any atom is 0.328 e. The summed E-state index contributed by atoms with van der Waals surface area (Å²) in [5, 5.41) is 29.0. The molecule has 0 spiro atoms. The number of thiophene rings is 1. The Hall–Kier alpha value is -4.03. The van der Waals surface area contributed by atoms with Gasteiger partial charge in [0.1, 0.15) is 17.2 Å². The van der Waals surface area contributed by atoms with Gasteiger partial charge in [-0.1, -0.05) is 18.2 Å². The molecule has 0 aliphatic carbocycles. The third-order valence-electron chi connectivity index (χ3n) is 4.48. The van der Waals surface area contributed by atoms with E-state index in [9.17, 15) is 14.4 Å². The number of carbonyl (C=O) groups is 3. The lowest BCUT2D eigenvalue weighted by Crippen LogP contribution is -2.55. The normalized spacial score (nSPS) is 12.6. The first-order valence-electron chi connectivity index (χ1n) is 9.62. The molecule has 1 aromatic heterocycles. The third kappa shape index (κ3) is 7.55. The van der Waals surface area contributed by atoms with E-state index in [1.807, 2.05) is 0 Å². The largest absolute Gasteiger partial charge is 0.478 e. The lowest BCUT2D eigenvalue weighted by Gasteiger charge is -2.25. The molecule has 2 amide bonds. The fourth-order valence-electron chi connectivity index (χ4n) is 2.81. The summed E-state index contributed by atoms with van der Waals surface area (Å²) >= 11 is 1.26. The van der Waals surface area contributed by atoms with Gasteiger partial charge in [-0.25, -0.2) is 4.79 Å². The van der Waals surface area contributed by atoms with Gasteiger partial charge in [0.05, 0.1) is 18.0 Å². The topological polar surface area (TPSA) is 221 Å². The Balaban J connectivity index is 2.04. The van der Waals surface area contributed by atoms with Gasteiger partial charge in [0, 0.05) is 22.9 Å². The summed E-state index contributed by atoms with van der Waals surface area (Å²) < 4.78 is 0. The number of nitrogens with two attached hydrogens (primary N) is 3. The second kappa shape index (κ2) is 11.0. The number of hydrogen-bond acceptors (Lipinski definition) is 7. The predicted octanol–water partition coefficient (Wildman–Crippen LogP) is -0.370. The number of amides is 2. The van der Waals surface area contributed by atoms with Crippen molar-refractivity contribution >= 4 is 40.8 Å². The highest BCUT2D eigenvalue weighted by Gasteiger charge is 2.32. The number of rotatable bonds is 11. The molecule has 12 heteroatoms. The van der Waals surface area contributed by atoms with E-state index in [0.717, 1.165) is 17.0 Å². The zero-order valence-electron chi connectivity index (χ0n) is 17.6. The highest BCUT2D eigenvalue weighted by atomic mass is 32.1. The van der Waals surface area contributed by atoms with E-state index in [0.29, 0.717) is 16.0 Å². The van der Waals surface area contributed by atoms with Crippen molar-refractivity contribution in [2.75, 3.05) is 6.54 Å². The monoisotopic (exact) mass is 471 g/mol. The van der Waals surface area contributed by atoms with Crippen molar-refractivity contribution in [3.63, 3.8) is 0 Å². The van der Waals surface area contributed by atoms with Crippen LogP contribution in [0.2, 0.25) is 0 Å². The number of aliphatic carboxylic acids is 1. The van der Waals surface area contributed by atoms with Crippen LogP contribution in [0.3, 0.4) is 0 Å². The lowest BCUT2D eigenvalue weighted by atomic mass is 9.89. The summed E-state index contributed by atoms with van der Waals surface area (Å²) in [6, 6.07) is 9.91. The molecule has 174 valence electrons. The fraction of sp³-hybridized carbons (Fsp3) is 0.190. The number of benzene rings is 1. The molecule has 11 N–H and O–H groups in total. The van der Waals surface area contributed by atoms with E-state index >= 15 is 0 Å². The molecular weight excluding hydrogens is 446 g/mol. The van der Waals surface area contributed by atoms with Gasteiger partial charge >= 0.3 is 5.97 Å². The molecule has 1 heterocycles. The van der Waals surface area contributed by atoms with Gasteiger partial charge in [-0.3, -0.25) is 20.4 Å². The van der Waals surface area contributed by atoms with Gasteiger partial charge in [0.2, 0.25) is 11.8 Å². The zero-order valence-corrected chi connectivity index (χ0v) is 18.4. The fourth-order valence-corrected chi connectivity index (χ4v) is 3.62. The SMILES string of the molecule is N=C(N)c1cccc(C[C@@](N)(C=CC(=O)O)C(=O)NCC(=O)NCc2ccc(C(=N)N)s2)c1.